The first-order valence-corrected chi connectivity index (χ1v) is 13.3. The van der Waals surface area contributed by atoms with Crippen molar-refractivity contribution in [3.8, 4) is 6.07 Å². The average molecular weight is 592 g/mol. The molecular weight excluding hydrogens is 573 g/mol. The number of urea groups is 1. The van der Waals surface area contributed by atoms with Crippen LogP contribution in [0.2, 0.25) is 10.0 Å². The van der Waals surface area contributed by atoms with Crippen molar-refractivity contribution in [1.82, 2.24) is 35.3 Å². The van der Waals surface area contributed by atoms with Crippen LogP contribution in [0.25, 0.3) is 21.9 Å². The summed E-state index contributed by atoms with van der Waals surface area (Å²) in [6.45, 7) is 0.628. The van der Waals surface area contributed by atoms with E-state index in [0.29, 0.717) is 35.2 Å². The lowest BCUT2D eigenvalue weighted by Gasteiger charge is -2.06. The molecule has 40 heavy (non-hydrogen) atoms. The molecule has 4 aromatic heterocycles. The van der Waals surface area contributed by atoms with Crippen LogP contribution in [-0.2, 0) is 6.42 Å². The number of para-hydroxylation sites is 1. The largest absolute Gasteiger partial charge is 0.368 e. The number of hydrogen-bond donors (Lipinski definition) is 5. The Hall–Kier alpha value is -4.77. The molecule has 2 aromatic carbocycles. The van der Waals surface area contributed by atoms with Gasteiger partial charge in [-0.1, -0.05) is 35.3 Å². The Balaban J connectivity index is 0.000000269. The van der Waals surface area contributed by atoms with Crippen LogP contribution in [0, 0.1) is 11.3 Å². The number of thiazole rings is 1. The van der Waals surface area contributed by atoms with Crippen LogP contribution >= 0.6 is 34.5 Å². The van der Waals surface area contributed by atoms with Crippen LogP contribution in [-0.4, -0.2) is 47.9 Å². The quantitative estimate of drug-likeness (QED) is 0.160. The molecule has 12 nitrogen and oxygen atoms in total. The Labute approximate surface area is 240 Å². The number of amides is 2. The maximum absolute atomic E-state index is 12.2. The lowest BCUT2D eigenvalue weighted by molar-refractivity contribution is 0.262. The number of nitrogens with one attached hydrogen (secondary N) is 5. The summed E-state index contributed by atoms with van der Waals surface area (Å²) in [4.78, 5) is 25.7. The van der Waals surface area contributed by atoms with E-state index in [-0.39, 0.29) is 5.02 Å². The van der Waals surface area contributed by atoms with Gasteiger partial charge in [-0.05, 0) is 24.3 Å². The van der Waals surface area contributed by atoms with Crippen molar-refractivity contribution >= 4 is 79.1 Å². The first kappa shape index (κ1) is 26.8. The molecule has 15 heteroatoms. The van der Waals surface area contributed by atoms with Crippen LogP contribution < -0.4 is 16.0 Å². The van der Waals surface area contributed by atoms with E-state index in [4.69, 9.17) is 28.5 Å². The van der Waals surface area contributed by atoms with E-state index in [1.54, 1.807) is 30.7 Å². The van der Waals surface area contributed by atoms with E-state index < -0.39 is 6.03 Å². The fraction of sp³-hybridized carbons (Fsp3) is 0.0800. The van der Waals surface area contributed by atoms with E-state index in [1.165, 1.54) is 23.7 Å². The van der Waals surface area contributed by atoms with Crippen LogP contribution in [0.5, 0.6) is 0 Å². The summed E-state index contributed by atoms with van der Waals surface area (Å²) in [6.07, 6.45) is 7.29. The highest BCUT2D eigenvalue weighted by Gasteiger charge is 2.10. The molecule has 6 aromatic rings. The highest BCUT2D eigenvalue weighted by atomic mass is 35.5. The summed E-state index contributed by atoms with van der Waals surface area (Å²) < 4.78 is 0. The third-order valence-corrected chi connectivity index (χ3v) is 7.05. The molecule has 2 amide bonds. The fourth-order valence-corrected chi connectivity index (χ4v) is 4.81. The summed E-state index contributed by atoms with van der Waals surface area (Å²) in [5.74, 6) is 0.681. The Morgan fingerprint density at radius 2 is 1.82 bits per heavy atom. The number of carbonyl (C=O) groups excluding carboxylic acids is 1. The van der Waals surface area contributed by atoms with E-state index in [2.05, 4.69) is 51.3 Å². The third kappa shape index (κ3) is 6.44. The molecular formula is C25H19Cl2N11OS. The number of nitrogens with zero attached hydrogens (tertiary/aromatic N) is 6. The number of carbonyl (C=O) groups is 1. The molecule has 0 saturated carbocycles. The van der Waals surface area contributed by atoms with Gasteiger partial charge < -0.3 is 10.6 Å². The lowest BCUT2D eigenvalue weighted by atomic mass is 10.2. The number of aromatic amines is 2. The van der Waals surface area contributed by atoms with Gasteiger partial charge in [0.2, 0.25) is 0 Å². The van der Waals surface area contributed by atoms with Crippen LogP contribution in [0.4, 0.5) is 21.4 Å². The molecule has 5 N–H and O–H groups in total. The number of aromatic nitrogens is 7. The van der Waals surface area contributed by atoms with Crippen LogP contribution in [0.15, 0.2) is 61.3 Å². The number of benzene rings is 2. The van der Waals surface area contributed by atoms with Gasteiger partial charge >= 0.3 is 6.03 Å². The smallest absolute Gasteiger partial charge is 0.325 e. The Kier molecular flexibility index (Phi) is 8.31. The first-order chi connectivity index (χ1) is 19.5. The SMILES string of the molecule is Clc1cccc2cn[nH]c12.N#Cc1ccc(NC(=O)Nc2ncc(CCNc3ncnc4cn[nH]c34)s2)cc1Cl. The Morgan fingerprint density at radius 1 is 0.975 bits per heavy atom. The molecule has 0 radical (unpaired) electrons. The molecule has 0 spiro atoms. The molecule has 0 aliphatic heterocycles. The van der Waals surface area contributed by atoms with Crippen molar-refractivity contribution < 1.29 is 4.79 Å². The highest BCUT2D eigenvalue weighted by molar-refractivity contribution is 7.15. The Morgan fingerprint density at radius 3 is 2.65 bits per heavy atom. The number of fused-ring (bicyclic) bond motifs is 2. The first-order valence-electron chi connectivity index (χ1n) is 11.7. The molecule has 0 aliphatic carbocycles. The summed E-state index contributed by atoms with van der Waals surface area (Å²) in [5.41, 5.74) is 3.22. The second-order valence-electron chi connectivity index (χ2n) is 8.12. The minimum absolute atomic E-state index is 0.274. The van der Waals surface area contributed by atoms with Gasteiger partial charge in [0.25, 0.3) is 0 Å². The van der Waals surface area contributed by atoms with Crippen molar-refractivity contribution in [3.05, 3.63) is 81.8 Å². The number of H-pyrrole nitrogens is 2. The summed E-state index contributed by atoms with van der Waals surface area (Å²) in [6, 6.07) is 11.9. The van der Waals surface area contributed by atoms with E-state index in [9.17, 15) is 4.79 Å². The molecule has 0 atom stereocenters. The van der Waals surface area contributed by atoms with Crippen LogP contribution in [0.3, 0.4) is 0 Å². The summed E-state index contributed by atoms with van der Waals surface area (Å²) in [7, 11) is 0. The number of hydrogen-bond acceptors (Lipinski definition) is 9. The van der Waals surface area contributed by atoms with Gasteiger partial charge in [0.1, 0.15) is 23.4 Å². The van der Waals surface area contributed by atoms with Gasteiger partial charge in [0.15, 0.2) is 10.9 Å². The predicted molar refractivity (Wildman–Crippen MR) is 156 cm³/mol. The molecule has 0 unspecified atom stereocenters. The molecule has 0 saturated heterocycles. The number of anilines is 3. The molecule has 0 bridgehead atoms. The zero-order valence-corrected chi connectivity index (χ0v) is 22.8. The fourth-order valence-electron chi connectivity index (χ4n) is 3.56. The van der Waals surface area contributed by atoms with Crippen molar-refractivity contribution in [1.29, 1.82) is 5.26 Å². The summed E-state index contributed by atoms with van der Waals surface area (Å²) in [5, 5.41) is 33.5. The van der Waals surface area contributed by atoms with E-state index in [0.717, 1.165) is 31.8 Å². The zero-order valence-electron chi connectivity index (χ0n) is 20.4. The number of nitriles is 1. The maximum atomic E-state index is 12.2. The Bertz CT molecular complexity index is 1820. The van der Waals surface area contributed by atoms with Gasteiger partial charge in [-0.25, -0.2) is 19.7 Å². The third-order valence-electron chi connectivity index (χ3n) is 5.45. The molecule has 200 valence electrons. The van der Waals surface area contributed by atoms with E-state index in [1.807, 2.05) is 24.3 Å². The number of rotatable bonds is 6. The van der Waals surface area contributed by atoms with Crippen LogP contribution in [0.1, 0.15) is 10.4 Å². The maximum Gasteiger partial charge on any atom is 0.325 e. The monoisotopic (exact) mass is 591 g/mol. The van der Waals surface area contributed by atoms with E-state index >= 15 is 0 Å². The average Bonchev–Trinajstić information content (AvgIpc) is 3.71. The van der Waals surface area contributed by atoms with Crippen molar-refractivity contribution in [2.45, 2.75) is 6.42 Å². The second-order valence-corrected chi connectivity index (χ2v) is 10.1. The standard InChI is InChI=1S/C18H14ClN9OS.C7H5ClN2/c19-13-5-11(2-1-10(13)6-20)26-17(29)27-18-22-7-12(30-18)3-4-21-16-15-14(8-25-28-15)23-9-24-16;8-6-3-1-2-5-4-9-10-7(5)6/h1-2,5,7-9H,3-4H2,(H,25,28)(H,21,23,24)(H2,22,26,27,29);1-4H,(H,9,10). The predicted octanol–water partition coefficient (Wildman–Crippen LogP) is 5.85. The van der Waals surface area contributed by atoms with Crippen molar-refractivity contribution in [3.63, 3.8) is 0 Å². The van der Waals surface area contributed by atoms with Gasteiger partial charge in [-0.15, -0.1) is 11.3 Å². The zero-order chi connectivity index (χ0) is 27.9. The topological polar surface area (TPSA) is 173 Å². The van der Waals surface area contributed by atoms with Gasteiger partial charge in [-0.2, -0.15) is 15.5 Å². The second kappa shape index (κ2) is 12.4. The minimum Gasteiger partial charge on any atom is -0.368 e. The highest BCUT2D eigenvalue weighted by Crippen LogP contribution is 2.23. The molecule has 4 heterocycles. The molecule has 0 aliphatic rings. The van der Waals surface area contributed by atoms with Gasteiger partial charge in [0, 0.05) is 35.1 Å². The summed E-state index contributed by atoms with van der Waals surface area (Å²) >= 11 is 13.2. The van der Waals surface area contributed by atoms with Crippen molar-refractivity contribution in [2.75, 3.05) is 22.5 Å². The number of halogens is 2. The van der Waals surface area contributed by atoms with Gasteiger partial charge in [0.05, 0.1) is 33.5 Å². The minimum atomic E-state index is -0.447. The molecule has 0 fully saturated rings. The normalized spacial score (nSPS) is 10.5. The lowest BCUT2D eigenvalue weighted by Crippen LogP contribution is -2.19. The molecule has 6 rings (SSSR count). The van der Waals surface area contributed by atoms with Crippen molar-refractivity contribution in [2.24, 2.45) is 0 Å². The van der Waals surface area contributed by atoms with Gasteiger partial charge in [-0.3, -0.25) is 15.5 Å².